The fourth-order valence-corrected chi connectivity index (χ4v) is 3.20. The first kappa shape index (κ1) is 14.2. The van der Waals surface area contributed by atoms with E-state index in [-0.39, 0.29) is 5.84 Å². The minimum absolute atomic E-state index is 0.111. The lowest BCUT2D eigenvalue weighted by atomic mass is 10.1. The van der Waals surface area contributed by atoms with E-state index in [0.717, 1.165) is 36.4 Å². The molecule has 1 aliphatic carbocycles. The van der Waals surface area contributed by atoms with Gasteiger partial charge in [0.15, 0.2) is 0 Å². The normalized spacial score (nSPS) is 15.1. The number of anilines is 1. The summed E-state index contributed by atoms with van der Waals surface area (Å²) in [5.41, 5.74) is 8.95. The second-order valence-corrected chi connectivity index (χ2v) is 6.06. The van der Waals surface area contributed by atoms with Gasteiger partial charge in [-0.1, -0.05) is 0 Å². The number of hydrogen-bond donors (Lipinski definition) is 2. The van der Waals surface area contributed by atoms with Crippen molar-refractivity contribution in [2.75, 3.05) is 24.0 Å². The topological polar surface area (TPSA) is 66.0 Å². The molecule has 0 bridgehead atoms. The van der Waals surface area contributed by atoms with E-state index in [0.29, 0.717) is 6.04 Å². The highest BCUT2D eigenvalue weighted by Crippen LogP contribution is 2.27. The van der Waals surface area contributed by atoms with Gasteiger partial charge in [-0.3, -0.25) is 5.41 Å². The molecule has 3 N–H and O–H groups in total. The molecule has 104 valence electrons. The molecule has 0 saturated carbocycles. The SMILES string of the molecule is CSCC(C)N(C)c1nc2c(cc1C(=N)N)CCC2. The minimum Gasteiger partial charge on any atom is -0.384 e. The van der Waals surface area contributed by atoms with Crippen molar-refractivity contribution in [3.05, 3.63) is 22.9 Å². The van der Waals surface area contributed by atoms with E-state index in [9.17, 15) is 0 Å². The summed E-state index contributed by atoms with van der Waals surface area (Å²) in [6, 6.07) is 2.44. The number of nitrogens with two attached hydrogens (primary N) is 1. The van der Waals surface area contributed by atoms with Gasteiger partial charge < -0.3 is 10.6 Å². The Morgan fingerprint density at radius 1 is 1.58 bits per heavy atom. The van der Waals surface area contributed by atoms with Crippen LogP contribution in [0.4, 0.5) is 5.82 Å². The van der Waals surface area contributed by atoms with Gasteiger partial charge in [0.2, 0.25) is 0 Å². The number of fused-ring (bicyclic) bond motifs is 1. The van der Waals surface area contributed by atoms with Crippen molar-refractivity contribution in [2.45, 2.75) is 32.2 Å². The molecule has 1 aromatic heterocycles. The molecular formula is C14H22N4S. The summed E-state index contributed by atoms with van der Waals surface area (Å²) in [5.74, 6) is 2.00. The smallest absolute Gasteiger partial charge is 0.139 e. The van der Waals surface area contributed by atoms with E-state index in [2.05, 4.69) is 24.1 Å². The molecule has 4 nitrogen and oxygen atoms in total. The number of pyridine rings is 1. The second kappa shape index (κ2) is 5.82. The molecule has 0 aromatic carbocycles. The van der Waals surface area contributed by atoms with E-state index in [1.807, 2.05) is 18.8 Å². The average Bonchev–Trinajstić information content (AvgIpc) is 2.83. The first-order valence-corrected chi connectivity index (χ1v) is 8.03. The van der Waals surface area contributed by atoms with Crippen molar-refractivity contribution < 1.29 is 0 Å². The van der Waals surface area contributed by atoms with Crippen molar-refractivity contribution in [3.63, 3.8) is 0 Å². The number of amidine groups is 1. The summed E-state index contributed by atoms with van der Waals surface area (Å²) >= 11 is 1.82. The van der Waals surface area contributed by atoms with Gasteiger partial charge in [-0.15, -0.1) is 0 Å². The molecule has 0 spiro atoms. The number of aromatic nitrogens is 1. The Morgan fingerprint density at radius 2 is 2.32 bits per heavy atom. The Balaban J connectivity index is 2.40. The zero-order valence-corrected chi connectivity index (χ0v) is 12.7. The van der Waals surface area contributed by atoms with Crippen molar-refractivity contribution >= 4 is 23.4 Å². The lowest BCUT2D eigenvalue weighted by molar-refractivity contribution is 0.749. The summed E-state index contributed by atoms with van der Waals surface area (Å²) in [6.07, 6.45) is 5.37. The predicted molar refractivity (Wildman–Crippen MR) is 83.5 cm³/mol. The van der Waals surface area contributed by atoms with Crippen molar-refractivity contribution in [1.82, 2.24) is 4.98 Å². The van der Waals surface area contributed by atoms with Crippen LogP contribution in [0, 0.1) is 5.41 Å². The first-order valence-electron chi connectivity index (χ1n) is 6.63. The molecule has 0 amide bonds. The van der Waals surface area contributed by atoms with Gasteiger partial charge in [0, 0.05) is 24.5 Å². The third-order valence-corrected chi connectivity index (χ3v) is 4.54. The molecule has 1 aromatic rings. The van der Waals surface area contributed by atoms with Crippen LogP contribution in [-0.4, -0.2) is 35.9 Å². The maximum absolute atomic E-state index is 7.78. The van der Waals surface area contributed by atoms with Crippen LogP contribution < -0.4 is 10.6 Å². The molecule has 2 rings (SSSR count). The van der Waals surface area contributed by atoms with Crippen LogP contribution in [0.15, 0.2) is 6.07 Å². The Morgan fingerprint density at radius 3 is 2.95 bits per heavy atom. The van der Waals surface area contributed by atoms with Crippen LogP contribution in [-0.2, 0) is 12.8 Å². The molecule has 0 aliphatic heterocycles. The number of rotatable bonds is 5. The zero-order valence-electron chi connectivity index (χ0n) is 11.9. The first-order chi connectivity index (χ1) is 9.04. The van der Waals surface area contributed by atoms with Gasteiger partial charge in [-0.25, -0.2) is 4.98 Å². The van der Waals surface area contributed by atoms with Crippen molar-refractivity contribution in [2.24, 2.45) is 5.73 Å². The van der Waals surface area contributed by atoms with Gasteiger partial charge in [0.25, 0.3) is 0 Å². The average molecular weight is 278 g/mol. The fourth-order valence-electron chi connectivity index (χ4n) is 2.49. The molecule has 5 heteroatoms. The highest BCUT2D eigenvalue weighted by Gasteiger charge is 2.21. The number of aryl methyl sites for hydroxylation is 2. The van der Waals surface area contributed by atoms with Gasteiger partial charge in [-0.2, -0.15) is 11.8 Å². The minimum atomic E-state index is 0.111. The molecule has 0 fully saturated rings. The van der Waals surface area contributed by atoms with Crippen LogP contribution in [0.2, 0.25) is 0 Å². The van der Waals surface area contributed by atoms with Crippen LogP contribution >= 0.6 is 11.8 Å². The maximum Gasteiger partial charge on any atom is 0.139 e. The van der Waals surface area contributed by atoms with Crippen LogP contribution in [0.25, 0.3) is 0 Å². The third kappa shape index (κ3) is 2.86. The lowest BCUT2D eigenvalue weighted by Crippen LogP contribution is -2.34. The second-order valence-electron chi connectivity index (χ2n) is 5.15. The Hall–Kier alpha value is -1.23. The van der Waals surface area contributed by atoms with E-state index in [1.54, 1.807) is 0 Å². The highest BCUT2D eigenvalue weighted by atomic mass is 32.2. The largest absolute Gasteiger partial charge is 0.384 e. The van der Waals surface area contributed by atoms with Gasteiger partial charge in [0.1, 0.15) is 11.7 Å². The number of hydrogen-bond acceptors (Lipinski definition) is 4. The number of thioether (sulfide) groups is 1. The number of nitrogen functional groups attached to an aromatic ring is 1. The predicted octanol–water partition coefficient (Wildman–Crippen LogP) is 2.04. The maximum atomic E-state index is 7.78. The van der Waals surface area contributed by atoms with E-state index in [4.69, 9.17) is 16.1 Å². The number of nitrogens with zero attached hydrogens (tertiary/aromatic N) is 2. The van der Waals surface area contributed by atoms with Crippen molar-refractivity contribution in [3.8, 4) is 0 Å². The summed E-state index contributed by atoms with van der Waals surface area (Å²) in [6.45, 7) is 2.18. The van der Waals surface area contributed by atoms with Crippen molar-refractivity contribution in [1.29, 1.82) is 5.41 Å². The zero-order chi connectivity index (χ0) is 14.0. The van der Waals surface area contributed by atoms with E-state index < -0.39 is 0 Å². The van der Waals surface area contributed by atoms with E-state index in [1.165, 1.54) is 11.3 Å². The molecule has 1 unspecified atom stereocenters. The lowest BCUT2D eigenvalue weighted by Gasteiger charge is -2.27. The van der Waals surface area contributed by atoms with Gasteiger partial charge in [-0.05, 0) is 44.1 Å². The van der Waals surface area contributed by atoms with Gasteiger partial charge >= 0.3 is 0 Å². The molecule has 1 atom stereocenters. The Labute approximate surface area is 119 Å². The number of nitrogens with one attached hydrogen (secondary N) is 1. The molecule has 1 heterocycles. The monoisotopic (exact) mass is 278 g/mol. The summed E-state index contributed by atoms with van der Waals surface area (Å²) < 4.78 is 0. The summed E-state index contributed by atoms with van der Waals surface area (Å²) in [7, 11) is 2.04. The standard InChI is InChI=1S/C14H22N4S/c1-9(8-19-3)18(2)14-11(13(15)16)7-10-5-4-6-12(10)17-14/h7,9H,4-6,8H2,1-3H3,(H3,15,16). The summed E-state index contributed by atoms with van der Waals surface area (Å²) in [4.78, 5) is 6.92. The van der Waals surface area contributed by atoms with Crippen LogP contribution in [0.5, 0.6) is 0 Å². The van der Waals surface area contributed by atoms with Crippen LogP contribution in [0.3, 0.4) is 0 Å². The molecule has 0 saturated heterocycles. The fraction of sp³-hybridized carbons (Fsp3) is 0.571. The quantitative estimate of drug-likeness (QED) is 0.639. The highest BCUT2D eigenvalue weighted by molar-refractivity contribution is 7.98. The third-order valence-electron chi connectivity index (χ3n) is 3.72. The molecule has 0 radical (unpaired) electrons. The van der Waals surface area contributed by atoms with Crippen LogP contribution in [0.1, 0.15) is 30.2 Å². The van der Waals surface area contributed by atoms with E-state index >= 15 is 0 Å². The Bertz CT molecular complexity index is 487. The molecule has 1 aliphatic rings. The van der Waals surface area contributed by atoms with Gasteiger partial charge in [0.05, 0.1) is 5.56 Å². The molecular weight excluding hydrogens is 256 g/mol. The summed E-state index contributed by atoms with van der Waals surface area (Å²) in [5, 5.41) is 7.78. The Kier molecular flexibility index (Phi) is 4.34. The molecule has 19 heavy (non-hydrogen) atoms.